The fourth-order valence-corrected chi connectivity index (χ4v) is 4.20. The summed E-state index contributed by atoms with van der Waals surface area (Å²) in [5, 5.41) is 4.47. The normalized spacial score (nSPS) is 23.2. The Morgan fingerprint density at radius 2 is 1.88 bits per heavy atom. The van der Waals surface area contributed by atoms with Crippen LogP contribution in [0.25, 0.3) is 0 Å². The van der Waals surface area contributed by atoms with Crippen LogP contribution in [-0.2, 0) is 11.3 Å². The number of carbonyl (C=O) groups excluding carboxylic acids is 1. The number of amides is 1. The van der Waals surface area contributed by atoms with E-state index < -0.39 is 0 Å². The van der Waals surface area contributed by atoms with Crippen molar-refractivity contribution in [3.63, 3.8) is 0 Å². The van der Waals surface area contributed by atoms with E-state index in [1.807, 2.05) is 18.2 Å². The average Bonchev–Trinajstić information content (AvgIpc) is 2.59. The molecular weight excluding hydrogens is 343 g/mol. The predicted octanol–water partition coefficient (Wildman–Crippen LogP) is 4.65. The molecular formula is C19H26Cl2N2O. The van der Waals surface area contributed by atoms with Crippen LogP contribution in [0.4, 0.5) is 0 Å². The highest BCUT2D eigenvalue weighted by Gasteiger charge is 2.27. The summed E-state index contributed by atoms with van der Waals surface area (Å²) in [4.78, 5) is 14.9. The molecule has 24 heavy (non-hydrogen) atoms. The van der Waals surface area contributed by atoms with E-state index in [4.69, 9.17) is 23.2 Å². The maximum absolute atomic E-state index is 12.6. The standard InChI is InChI=1S/C19H26Cl2N2O/c20-17-9-8-14(11-18(17)21)12-23-10-4-5-15(13-23)19(24)22-16-6-2-1-3-7-16/h8-9,11,15-16H,1-7,10,12-13H2,(H,22,24). The predicted molar refractivity (Wildman–Crippen MR) is 99.5 cm³/mol. The van der Waals surface area contributed by atoms with Crippen LogP contribution < -0.4 is 5.32 Å². The Labute approximate surface area is 154 Å². The molecule has 2 aliphatic rings. The molecule has 0 radical (unpaired) electrons. The lowest BCUT2D eigenvalue weighted by Gasteiger charge is -2.33. The topological polar surface area (TPSA) is 32.3 Å². The monoisotopic (exact) mass is 368 g/mol. The van der Waals surface area contributed by atoms with Crippen molar-refractivity contribution in [3.8, 4) is 0 Å². The average molecular weight is 369 g/mol. The Morgan fingerprint density at radius 3 is 2.62 bits per heavy atom. The number of benzene rings is 1. The first kappa shape index (κ1) is 18.0. The van der Waals surface area contributed by atoms with E-state index in [0.29, 0.717) is 16.1 Å². The molecule has 1 aliphatic heterocycles. The van der Waals surface area contributed by atoms with E-state index in [-0.39, 0.29) is 11.8 Å². The number of nitrogens with zero attached hydrogens (tertiary/aromatic N) is 1. The molecule has 1 aromatic carbocycles. The first-order valence-electron chi connectivity index (χ1n) is 9.08. The lowest BCUT2D eigenvalue weighted by Crippen LogP contribution is -2.46. The molecule has 1 heterocycles. The highest BCUT2D eigenvalue weighted by molar-refractivity contribution is 6.42. The third kappa shape index (κ3) is 4.87. The van der Waals surface area contributed by atoms with Crippen molar-refractivity contribution in [1.82, 2.24) is 10.2 Å². The van der Waals surface area contributed by atoms with E-state index in [1.165, 1.54) is 19.3 Å². The van der Waals surface area contributed by atoms with Gasteiger partial charge in [0.15, 0.2) is 0 Å². The SMILES string of the molecule is O=C(NC1CCCCC1)C1CCCN(Cc2ccc(Cl)c(Cl)c2)C1. The van der Waals surface area contributed by atoms with Crippen molar-refractivity contribution in [2.24, 2.45) is 5.92 Å². The summed E-state index contributed by atoms with van der Waals surface area (Å²) in [6.45, 7) is 2.69. The van der Waals surface area contributed by atoms with E-state index in [0.717, 1.165) is 50.9 Å². The number of nitrogens with one attached hydrogen (secondary N) is 1. The maximum atomic E-state index is 12.6. The van der Waals surface area contributed by atoms with Gasteiger partial charge in [-0.1, -0.05) is 48.5 Å². The van der Waals surface area contributed by atoms with Crippen LogP contribution in [0.15, 0.2) is 18.2 Å². The molecule has 0 aromatic heterocycles. The van der Waals surface area contributed by atoms with E-state index in [2.05, 4.69) is 10.2 Å². The van der Waals surface area contributed by atoms with Crippen LogP contribution in [0.1, 0.15) is 50.5 Å². The third-order valence-electron chi connectivity index (χ3n) is 5.22. The number of rotatable bonds is 4. The van der Waals surface area contributed by atoms with Crippen molar-refractivity contribution < 1.29 is 4.79 Å². The van der Waals surface area contributed by atoms with Crippen molar-refractivity contribution >= 4 is 29.1 Å². The number of hydrogen-bond donors (Lipinski definition) is 1. The summed E-state index contributed by atoms with van der Waals surface area (Å²) in [6.07, 6.45) is 8.17. The largest absolute Gasteiger partial charge is 0.353 e. The minimum atomic E-state index is 0.114. The quantitative estimate of drug-likeness (QED) is 0.838. The van der Waals surface area contributed by atoms with E-state index >= 15 is 0 Å². The molecule has 5 heteroatoms. The lowest BCUT2D eigenvalue weighted by molar-refractivity contribution is -0.127. The second kappa shape index (κ2) is 8.55. The molecule has 0 spiro atoms. The summed E-state index contributed by atoms with van der Waals surface area (Å²) >= 11 is 12.1. The number of piperidine rings is 1. The Morgan fingerprint density at radius 1 is 1.08 bits per heavy atom. The zero-order chi connectivity index (χ0) is 16.9. The molecule has 1 amide bonds. The van der Waals surface area contributed by atoms with Gasteiger partial charge in [-0.25, -0.2) is 0 Å². The van der Waals surface area contributed by atoms with Gasteiger partial charge in [0.05, 0.1) is 16.0 Å². The van der Waals surface area contributed by atoms with Gasteiger partial charge in [-0.05, 0) is 49.9 Å². The summed E-state index contributed by atoms with van der Waals surface area (Å²) < 4.78 is 0. The Hall–Kier alpha value is -0.770. The molecule has 1 aliphatic carbocycles. The third-order valence-corrected chi connectivity index (χ3v) is 5.96. The van der Waals surface area contributed by atoms with Crippen LogP contribution in [0.2, 0.25) is 10.0 Å². The zero-order valence-corrected chi connectivity index (χ0v) is 15.6. The summed E-state index contributed by atoms with van der Waals surface area (Å²) in [6, 6.07) is 6.18. The first-order valence-corrected chi connectivity index (χ1v) is 9.84. The molecule has 1 aromatic rings. The number of hydrogen-bond acceptors (Lipinski definition) is 2. The van der Waals surface area contributed by atoms with Crippen molar-refractivity contribution in [2.45, 2.75) is 57.5 Å². The molecule has 1 atom stereocenters. The number of carbonyl (C=O) groups is 1. The Balaban J connectivity index is 1.53. The van der Waals surface area contributed by atoms with Gasteiger partial charge in [-0.2, -0.15) is 0 Å². The number of halogens is 2. The summed E-state index contributed by atoms with van der Waals surface area (Å²) in [5.41, 5.74) is 1.15. The Kier molecular flexibility index (Phi) is 6.43. The molecule has 1 saturated heterocycles. The van der Waals surface area contributed by atoms with E-state index in [1.54, 1.807) is 0 Å². The zero-order valence-electron chi connectivity index (χ0n) is 14.1. The van der Waals surface area contributed by atoms with Gasteiger partial charge in [0.25, 0.3) is 0 Å². The van der Waals surface area contributed by atoms with Crippen LogP contribution in [0, 0.1) is 5.92 Å². The number of likely N-dealkylation sites (tertiary alicyclic amines) is 1. The Bertz CT molecular complexity index is 572. The van der Waals surface area contributed by atoms with Crippen LogP contribution in [-0.4, -0.2) is 29.9 Å². The van der Waals surface area contributed by atoms with Gasteiger partial charge >= 0.3 is 0 Å². The van der Waals surface area contributed by atoms with Gasteiger partial charge in [0, 0.05) is 19.1 Å². The van der Waals surface area contributed by atoms with Crippen molar-refractivity contribution in [3.05, 3.63) is 33.8 Å². The first-order chi connectivity index (χ1) is 11.6. The molecule has 3 rings (SSSR count). The second-order valence-electron chi connectivity index (χ2n) is 7.17. The second-order valence-corrected chi connectivity index (χ2v) is 7.98. The van der Waals surface area contributed by atoms with Gasteiger partial charge in [-0.15, -0.1) is 0 Å². The summed E-state index contributed by atoms with van der Waals surface area (Å²) in [7, 11) is 0. The van der Waals surface area contributed by atoms with Crippen molar-refractivity contribution in [2.75, 3.05) is 13.1 Å². The highest BCUT2D eigenvalue weighted by atomic mass is 35.5. The van der Waals surface area contributed by atoms with Gasteiger partial charge in [0.2, 0.25) is 5.91 Å². The minimum Gasteiger partial charge on any atom is -0.353 e. The van der Waals surface area contributed by atoms with Gasteiger partial charge in [-0.3, -0.25) is 9.69 Å². The van der Waals surface area contributed by atoms with Crippen molar-refractivity contribution in [1.29, 1.82) is 0 Å². The molecule has 2 fully saturated rings. The molecule has 3 nitrogen and oxygen atoms in total. The summed E-state index contributed by atoms with van der Waals surface area (Å²) in [5.74, 6) is 0.365. The van der Waals surface area contributed by atoms with Crippen LogP contribution in [0.5, 0.6) is 0 Å². The van der Waals surface area contributed by atoms with E-state index in [9.17, 15) is 4.79 Å². The molecule has 1 saturated carbocycles. The molecule has 0 bridgehead atoms. The lowest BCUT2D eigenvalue weighted by atomic mass is 9.93. The highest BCUT2D eigenvalue weighted by Crippen LogP contribution is 2.25. The van der Waals surface area contributed by atoms with Crippen LogP contribution in [0.3, 0.4) is 0 Å². The minimum absolute atomic E-state index is 0.114. The molecule has 132 valence electrons. The maximum Gasteiger partial charge on any atom is 0.224 e. The van der Waals surface area contributed by atoms with Crippen LogP contribution >= 0.6 is 23.2 Å². The smallest absolute Gasteiger partial charge is 0.224 e. The molecule has 1 unspecified atom stereocenters. The fraction of sp³-hybridized carbons (Fsp3) is 0.632. The fourth-order valence-electron chi connectivity index (χ4n) is 3.88. The molecule has 1 N–H and O–H groups in total. The van der Waals surface area contributed by atoms with Gasteiger partial charge < -0.3 is 5.32 Å². The van der Waals surface area contributed by atoms with Gasteiger partial charge in [0.1, 0.15) is 0 Å².